The van der Waals surface area contributed by atoms with Gasteiger partial charge in [-0.25, -0.2) is 5.43 Å². The fourth-order valence-corrected chi connectivity index (χ4v) is 4.22. The van der Waals surface area contributed by atoms with E-state index in [1.54, 1.807) is 0 Å². The molecule has 120 valence electrons. The zero-order valence-corrected chi connectivity index (χ0v) is 14.6. The van der Waals surface area contributed by atoms with E-state index in [1.807, 2.05) is 18.2 Å². The maximum absolute atomic E-state index is 12.7. The largest absolute Gasteiger partial charge is 0.348 e. The number of amides is 1. The zero-order valence-electron chi connectivity index (χ0n) is 13.1. The highest BCUT2D eigenvalue weighted by Crippen LogP contribution is 2.41. The first-order valence-electron chi connectivity index (χ1n) is 8.08. The highest BCUT2D eigenvalue weighted by atomic mass is 79.9. The van der Waals surface area contributed by atoms with Gasteiger partial charge in [-0.1, -0.05) is 60.1 Å². The summed E-state index contributed by atoms with van der Waals surface area (Å²) >= 11 is 3.69. The lowest BCUT2D eigenvalue weighted by atomic mass is 9.98. The van der Waals surface area contributed by atoms with Crippen LogP contribution < -0.4 is 16.2 Å². The highest BCUT2D eigenvalue weighted by Gasteiger charge is 2.42. The van der Waals surface area contributed by atoms with Crippen molar-refractivity contribution in [3.63, 3.8) is 0 Å². The lowest BCUT2D eigenvalue weighted by Gasteiger charge is -2.23. The molecule has 1 aromatic rings. The van der Waals surface area contributed by atoms with Gasteiger partial charge in [-0.15, -0.1) is 0 Å². The molecule has 4 atom stereocenters. The molecule has 4 unspecified atom stereocenters. The lowest BCUT2D eigenvalue weighted by Crippen LogP contribution is -2.47. The van der Waals surface area contributed by atoms with Crippen LogP contribution in [0, 0.1) is 11.8 Å². The molecule has 4 nitrogen and oxygen atoms in total. The van der Waals surface area contributed by atoms with Gasteiger partial charge in [-0.05, 0) is 30.2 Å². The van der Waals surface area contributed by atoms with Crippen LogP contribution in [0.3, 0.4) is 0 Å². The highest BCUT2D eigenvalue weighted by molar-refractivity contribution is 9.09. The molecule has 3 rings (SSSR count). The molecule has 1 saturated carbocycles. The van der Waals surface area contributed by atoms with Gasteiger partial charge in [0, 0.05) is 6.04 Å². The van der Waals surface area contributed by atoms with E-state index in [2.05, 4.69) is 58.1 Å². The summed E-state index contributed by atoms with van der Waals surface area (Å²) < 4.78 is 0. The summed E-state index contributed by atoms with van der Waals surface area (Å²) in [6, 6.07) is 10.4. The Hall–Kier alpha value is -0.910. The smallest absolute Gasteiger partial charge is 0.240 e. The summed E-state index contributed by atoms with van der Waals surface area (Å²) in [5.41, 5.74) is 7.59. The van der Waals surface area contributed by atoms with Gasteiger partial charge in [-0.2, -0.15) is 0 Å². The molecular weight excluding hydrogens is 342 g/mol. The van der Waals surface area contributed by atoms with Gasteiger partial charge in [0.25, 0.3) is 0 Å². The van der Waals surface area contributed by atoms with Gasteiger partial charge in [-0.3, -0.25) is 10.2 Å². The molecule has 1 heterocycles. The summed E-state index contributed by atoms with van der Waals surface area (Å²) in [7, 11) is 0. The number of hydrazine groups is 1. The second-order valence-electron chi connectivity index (χ2n) is 6.71. The Morgan fingerprint density at radius 3 is 2.45 bits per heavy atom. The molecule has 1 aliphatic heterocycles. The first-order valence-corrected chi connectivity index (χ1v) is 9.00. The van der Waals surface area contributed by atoms with Gasteiger partial charge in [0.05, 0.1) is 10.9 Å². The lowest BCUT2D eigenvalue weighted by molar-refractivity contribution is -0.123. The number of carbonyl (C=O) groups excluding carboxylic acids is 1. The van der Waals surface area contributed by atoms with Gasteiger partial charge in [0.15, 0.2) is 0 Å². The molecule has 1 saturated heterocycles. The molecule has 1 aromatic carbocycles. The van der Waals surface area contributed by atoms with E-state index in [-0.39, 0.29) is 28.9 Å². The van der Waals surface area contributed by atoms with Crippen LogP contribution in [0.5, 0.6) is 0 Å². The summed E-state index contributed by atoms with van der Waals surface area (Å²) in [6.07, 6.45) is 2.39. The molecule has 2 aliphatic rings. The van der Waals surface area contributed by atoms with Crippen molar-refractivity contribution in [3.8, 4) is 0 Å². The monoisotopic (exact) mass is 365 g/mol. The minimum Gasteiger partial charge on any atom is -0.348 e. The van der Waals surface area contributed by atoms with Crippen LogP contribution in [0.1, 0.15) is 38.3 Å². The number of alkyl halides is 1. The van der Waals surface area contributed by atoms with Crippen LogP contribution in [0.15, 0.2) is 30.3 Å². The van der Waals surface area contributed by atoms with Crippen molar-refractivity contribution < 1.29 is 4.79 Å². The normalized spacial score (nSPS) is 29.5. The average Bonchev–Trinajstić information content (AvgIpc) is 3.27. The fraction of sp³-hybridized carbons (Fsp3) is 0.588. The van der Waals surface area contributed by atoms with E-state index >= 15 is 0 Å². The van der Waals surface area contributed by atoms with Crippen molar-refractivity contribution in [2.45, 2.75) is 49.6 Å². The van der Waals surface area contributed by atoms with Gasteiger partial charge in [0.2, 0.25) is 5.91 Å². The second kappa shape index (κ2) is 6.69. The fourth-order valence-electron chi connectivity index (χ4n) is 3.10. The van der Waals surface area contributed by atoms with Crippen molar-refractivity contribution in [2.24, 2.45) is 11.8 Å². The molecule has 1 amide bonds. The number of hydrogen-bond donors (Lipinski definition) is 3. The van der Waals surface area contributed by atoms with Crippen LogP contribution in [-0.4, -0.2) is 22.8 Å². The van der Waals surface area contributed by atoms with E-state index in [0.29, 0.717) is 11.8 Å². The van der Waals surface area contributed by atoms with Crippen LogP contribution >= 0.6 is 15.9 Å². The number of nitrogens with one attached hydrogen (secondary N) is 3. The van der Waals surface area contributed by atoms with Crippen molar-refractivity contribution in [1.29, 1.82) is 0 Å². The zero-order chi connectivity index (χ0) is 15.7. The first-order chi connectivity index (χ1) is 10.6. The third kappa shape index (κ3) is 3.36. The molecule has 22 heavy (non-hydrogen) atoms. The SMILES string of the molecule is CC(C)C1NNC(C(=O)NC(c2ccccc2)C2CC2)C1Br. The minimum atomic E-state index is -0.239. The van der Waals surface area contributed by atoms with Crippen molar-refractivity contribution in [3.05, 3.63) is 35.9 Å². The Bertz CT molecular complexity index is 518. The van der Waals surface area contributed by atoms with E-state index in [9.17, 15) is 4.79 Å². The van der Waals surface area contributed by atoms with Gasteiger partial charge >= 0.3 is 0 Å². The summed E-state index contributed by atoms with van der Waals surface area (Å²) in [5.74, 6) is 1.11. The van der Waals surface area contributed by atoms with Gasteiger partial charge in [0.1, 0.15) is 6.04 Å². The number of rotatable bonds is 5. The Balaban J connectivity index is 1.68. The molecule has 5 heteroatoms. The quantitative estimate of drug-likeness (QED) is 0.702. The standard InChI is InChI=1S/C17H24BrN3O/c1-10(2)14-13(18)16(21-20-14)17(22)19-15(12-8-9-12)11-6-4-3-5-7-11/h3-7,10,12-16,20-21H,8-9H2,1-2H3,(H,19,22). The molecule has 0 aromatic heterocycles. The second-order valence-corrected chi connectivity index (χ2v) is 7.77. The number of carbonyl (C=O) groups is 1. The maximum atomic E-state index is 12.7. The molecule has 3 N–H and O–H groups in total. The Morgan fingerprint density at radius 1 is 1.23 bits per heavy atom. The topological polar surface area (TPSA) is 53.2 Å². The van der Waals surface area contributed by atoms with Crippen molar-refractivity contribution in [2.75, 3.05) is 0 Å². The summed E-state index contributed by atoms with van der Waals surface area (Å²) in [4.78, 5) is 12.8. The van der Waals surface area contributed by atoms with Crippen LogP contribution in [0.4, 0.5) is 0 Å². The Kier molecular flexibility index (Phi) is 4.85. The number of hydrogen-bond acceptors (Lipinski definition) is 3. The predicted octanol–water partition coefficient (Wildman–Crippen LogP) is 2.52. The third-order valence-corrected chi connectivity index (χ3v) is 5.72. The number of benzene rings is 1. The van der Waals surface area contributed by atoms with E-state index in [4.69, 9.17) is 0 Å². The van der Waals surface area contributed by atoms with E-state index < -0.39 is 0 Å². The Morgan fingerprint density at radius 2 is 1.91 bits per heavy atom. The Labute approximate surface area is 140 Å². The summed E-state index contributed by atoms with van der Waals surface area (Å²) in [6.45, 7) is 4.32. The maximum Gasteiger partial charge on any atom is 0.240 e. The van der Waals surface area contributed by atoms with Crippen LogP contribution in [0.25, 0.3) is 0 Å². The van der Waals surface area contributed by atoms with Crippen LogP contribution in [0.2, 0.25) is 0 Å². The van der Waals surface area contributed by atoms with Crippen molar-refractivity contribution >= 4 is 21.8 Å². The van der Waals surface area contributed by atoms with E-state index in [0.717, 1.165) is 0 Å². The minimum absolute atomic E-state index is 0.0679. The predicted molar refractivity (Wildman–Crippen MR) is 91.5 cm³/mol. The van der Waals surface area contributed by atoms with Gasteiger partial charge < -0.3 is 5.32 Å². The molecular formula is C17H24BrN3O. The van der Waals surface area contributed by atoms with Crippen LogP contribution in [-0.2, 0) is 4.79 Å². The average molecular weight is 366 g/mol. The molecule has 0 bridgehead atoms. The summed E-state index contributed by atoms with van der Waals surface area (Å²) in [5, 5.41) is 3.26. The molecule has 0 spiro atoms. The van der Waals surface area contributed by atoms with E-state index in [1.165, 1.54) is 18.4 Å². The molecule has 2 fully saturated rings. The molecule has 1 aliphatic carbocycles. The molecule has 0 radical (unpaired) electrons. The number of halogens is 1. The van der Waals surface area contributed by atoms with Crippen molar-refractivity contribution in [1.82, 2.24) is 16.2 Å². The first kappa shape index (κ1) is 16.0. The third-order valence-electron chi connectivity index (χ3n) is 4.62.